The molecule has 0 unspecified atom stereocenters. The van der Waals surface area contributed by atoms with E-state index in [4.69, 9.17) is 12.3 Å². The van der Waals surface area contributed by atoms with Crippen molar-refractivity contribution in [2.75, 3.05) is 0 Å². The highest BCUT2D eigenvalue weighted by Crippen LogP contribution is 2.25. The second kappa shape index (κ2) is 6.67. The molecular formula is C12H33O3Si4. The van der Waals surface area contributed by atoms with Crippen molar-refractivity contribution >= 4 is 33.8 Å². The Bertz CT molecular complexity index is 285. The Kier molecular flexibility index (Phi) is 6.94. The van der Waals surface area contributed by atoms with Gasteiger partial charge in [0.15, 0.2) is 16.6 Å². The van der Waals surface area contributed by atoms with Crippen LogP contribution in [0.15, 0.2) is 0 Å². The molecule has 0 aromatic heterocycles. The van der Waals surface area contributed by atoms with Gasteiger partial charge in [0.25, 0.3) is 0 Å². The van der Waals surface area contributed by atoms with E-state index in [1.54, 1.807) is 0 Å². The lowest BCUT2D eigenvalue weighted by Gasteiger charge is -2.40. The molecule has 0 spiro atoms. The van der Waals surface area contributed by atoms with Crippen LogP contribution in [0.2, 0.25) is 65.0 Å². The van der Waals surface area contributed by atoms with Gasteiger partial charge in [-0.25, -0.2) is 0 Å². The van der Waals surface area contributed by atoms with Crippen molar-refractivity contribution in [3.8, 4) is 0 Å². The second-order valence-corrected chi connectivity index (χ2v) is 23.9. The Hall–Kier alpha value is 0.748. The van der Waals surface area contributed by atoms with Crippen molar-refractivity contribution < 1.29 is 12.3 Å². The van der Waals surface area contributed by atoms with Gasteiger partial charge < -0.3 is 12.3 Å². The summed E-state index contributed by atoms with van der Waals surface area (Å²) in [4.78, 5) is 0. The number of hydrogen-bond acceptors (Lipinski definition) is 3. The fourth-order valence-corrected chi connectivity index (χ4v) is 20.8. The fourth-order valence-electron chi connectivity index (χ4n) is 2.51. The average molecular weight is 338 g/mol. The van der Waals surface area contributed by atoms with E-state index in [-0.39, 0.29) is 0 Å². The molecule has 19 heavy (non-hydrogen) atoms. The summed E-state index contributed by atoms with van der Waals surface area (Å²) in [6.07, 6.45) is 0.940. The maximum Gasteiger partial charge on any atom is 0.312 e. The van der Waals surface area contributed by atoms with Crippen LogP contribution in [0.4, 0.5) is 0 Å². The van der Waals surface area contributed by atoms with E-state index in [1.165, 1.54) is 0 Å². The summed E-state index contributed by atoms with van der Waals surface area (Å²) in [6, 6.07) is 1.09. The van der Waals surface area contributed by atoms with Crippen molar-refractivity contribution in [2.24, 2.45) is 0 Å². The molecule has 0 atom stereocenters. The third kappa shape index (κ3) is 10.2. The first-order valence-electron chi connectivity index (χ1n) is 7.08. The predicted molar refractivity (Wildman–Crippen MR) is 93.8 cm³/mol. The normalized spacial score (nSPS) is 14.8. The molecule has 0 aliphatic carbocycles. The van der Waals surface area contributed by atoms with Crippen LogP contribution in [0.25, 0.3) is 0 Å². The summed E-state index contributed by atoms with van der Waals surface area (Å²) < 4.78 is 19.0. The van der Waals surface area contributed by atoms with E-state index >= 15 is 0 Å². The molecule has 1 radical (unpaired) electrons. The van der Waals surface area contributed by atoms with Crippen molar-refractivity contribution in [1.82, 2.24) is 0 Å². The Balaban J connectivity index is 4.67. The molecule has 0 aromatic rings. The molecule has 0 bridgehead atoms. The zero-order valence-electron chi connectivity index (χ0n) is 14.3. The molecule has 0 rings (SSSR count). The molecule has 0 aliphatic heterocycles. The molecule has 0 aliphatic rings. The number of rotatable bonds is 8. The Morgan fingerprint density at radius 1 is 0.684 bits per heavy atom. The smallest absolute Gasteiger partial charge is 0.312 e. The van der Waals surface area contributed by atoms with Gasteiger partial charge in [-0.2, -0.15) is 0 Å². The number of hydrogen-bond donors (Lipinski definition) is 0. The first kappa shape index (κ1) is 19.7. The molecule has 7 heteroatoms. The monoisotopic (exact) mass is 337 g/mol. The van der Waals surface area contributed by atoms with Gasteiger partial charge in [-0.15, -0.1) is 0 Å². The van der Waals surface area contributed by atoms with E-state index in [0.717, 1.165) is 12.5 Å². The highest BCUT2D eigenvalue weighted by Gasteiger charge is 2.42. The molecule has 0 amide bonds. The molecule has 115 valence electrons. The lowest BCUT2D eigenvalue weighted by molar-refractivity contribution is 0.329. The fraction of sp³-hybridized carbons (Fsp3) is 0.917. The van der Waals surface area contributed by atoms with Gasteiger partial charge in [0.05, 0.1) is 0 Å². The highest BCUT2D eigenvalue weighted by molar-refractivity contribution is 6.89. The lowest BCUT2D eigenvalue weighted by Crippen LogP contribution is -2.55. The lowest BCUT2D eigenvalue weighted by atomic mass is 10.6. The Labute approximate surface area is 124 Å². The quantitative estimate of drug-likeness (QED) is 0.601. The summed E-state index contributed by atoms with van der Waals surface area (Å²) >= 11 is 0. The summed E-state index contributed by atoms with van der Waals surface area (Å²) in [5.41, 5.74) is 0. The molecule has 0 heterocycles. The SMILES string of the molecule is [CH2]CC[Si](C)(C)O[Si](C)(C)O[Si](C)(C)O[Si](C)(C)C. The van der Waals surface area contributed by atoms with Crippen molar-refractivity contribution in [2.45, 2.75) is 71.4 Å². The van der Waals surface area contributed by atoms with Gasteiger partial charge in [-0.3, -0.25) is 0 Å². The molecule has 0 saturated carbocycles. The second-order valence-electron chi connectivity index (χ2n) is 7.58. The standard InChI is InChI=1S/C12H33O3Si4/c1-11-12-17(5,6)14-19(9,10)15-18(7,8)13-16(2,3)4/h1,11-12H2,2-10H3. The van der Waals surface area contributed by atoms with Crippen molar-refractivity contribution in [1.29, 1.82) is 0 Å². The van der Waals surface area contributed by atoms with Gasteiger partial charge >= 0.3 is 17.1 Å². The first-order valence-corrected chi connectivity index (χ1v) is 19.2. The molecule has 3 nitrogen and oxygen atoms in total. The van der Waals surface area contributed by atoms with E-state index in [1.807, 2.05) is 0 Å². The van der Waals surface area contributed by atoms with Crippen LogP contribution in [-0.4, -0.2) is 33.8 Å². The van der Waals surface area contributed by atoms with Gasteiger partial charge in [-0.05, 0) is 65.0 Å². The van der Waals surface area contributed by atoms with Crippen LogP contribution in [-0.2, 0) is 12.3 Å². The van der Waals surface area contributed by atoms with Gasteiger partial charge in [0, 0.05) is 0 Å². The minimum Gasteiger partial charge on any atom is -0.437 e. The summed E-state index contributed by atoms with van der Waals surface area (Å²) in [5, 5.41) is 0. The average Bonchev–Trinajstić information content (AvgIpc) is 1.90. The molecule has 0 aromatic carbocycles. The van der Waals surface area contributed by atoms with Crippen LogP contribution in [0.1, 0.15) is 6.42 Å². The zero-order chi connectivity index (χ0) is 15.5. The van der Waals surface area contributed by atoms with Crippen LogP contribution >= 0.6 is 0 Å². The van der Waals surface area contributed by atoms with E-state index in [0.29, 0.717) is 0 Å². The van der Waals surface area contributed by atoms with Crippen molar-refractivity contribution in [3.63, 3.8) is 0 Å². The first-order chi connectivity index (χ1) is 8.18. The Morgan fingerprint density at radius 2 is 1.11 bits per heavy atom. The third-order valence-corrected chi connectivity index (χ3v) is 16.4. The molecule has 0 fully saturated rings. The highest BCUT2D eigenvalue weighted by atomic mass is 28.5. The predicted octanol–water partition coefficient (Wildman–Crippen LogP) is 4.70. The third-order valence-electron chi connectivity index (χ3n) is 2.34. The van der Waals surface area contributed by atoms with E-state index in [2.05, 4.69) is 65.8 Å². The van der Waals surface area contributed by atoms with Crippen LogP contribution in [0, 0.1) is 6.92 Å². The van der Waals surface area contributed by atoms with E-state index in [9.17, 15) is 0 Å². The molecular weight excluding hydrogens is 304 g/mol. The zero-order valence-corrected chi connectivity index (χ0v) is 18.3. The van der Waals surface area contributed by atoms with Gasteiger partial charge in [-0.1, -0.05) is 13.3 Å². The van der Waals surface area contributed by atoms with Crippen LogP contribution in [0.3, 0.4) is 0 Å². The minimum atomic E-state index is -2.12. The van der Waals surface area contributed by atoms with Crippen LogP contribution in [0.5, 0.6) is 0 Å². The summed E-state index contributed by atoms with van der Waals surface area (Å²) in [7, 11) is -7.42. The maximum absolute atomic E-state index is 6.40. The summed E-state index contributed by atoms with van der Waals surface area (Å²) in [5.74, 6) is 0. The Morgan fingerprint density at radius 3 is 1.47 bits per heavy atom. The molecule has 0 N–H and O–H groups in total. The maximum atomic E-state index is 6.40. The largest absolute Gasteiger partial charge is 0.437 e. The van der Waals surface area contributed by atoms with Crippen LogP contribution < -0.4 is 0 Å². The van der Waals surface area contributed by atoms with Gasteiger partial charge in [0.1, 0.15) is 0 Å². The van der Waals surface area contributed by atoms with Gasteiger partial charge in [0.2, 0.25) is 0 Å². The van der Waals surface area contributed by atoms with Crippen molar-refractivity contribution in [3.05, 3.63) is 6.92 Å². The topological polar surface area (TPSA) is 27.7 Å². The van der Waals surface area contributed by atoms with E-state index < -0.39 is 33.8 Å². The minimum absolute atomic E-state index is 0.940. The summed E-state index contributed by atoms with van der Waals surface area (Å²) in [6.45, 7) is 23.7. The molecule has 0 saturated heterocycles.